The number of hydrogen-bond acceptors (Lipinski definition) is 4. The molecule has 40 heavy (non-hydrogen) atoms. The molecule has 0 N–H and O–H groups in total. The molecule has 0 saturated carbocycles. The van der Waals surface area contributed by atoms with E-state index < -0.39 is 0 Å². The molecule has 0 spiro atoms. The molecule has 0 fully saturated rings. The molecule has 0 amide bonds. The van der Waals surface area contributed by atoms with Crippen molar-refractivity contribution in [3.8, 4) is 0 Å². The lowest BCUT2D eigenvalue weighted by molar-refractivity contribution is -0.884. The van der Waals surface area contributed by atoms with Gasteiger partial charge in [0, 0.05) is 0 Å². The van der Waals surface area contributed by atoms with Crippen LogP contribution in [-0.2, 0) is 19.1 Å². The van der Waals surface area contributed by atoms with Crippen molar-refractivity contribution in [3.63, 3.8) is 0 Å². The molecule has 0 heterocycles. The maximum absolute atomic E-state index is 12.2. The number of quaternary nitrogens is 2. The number of esters is 2. The minimum absolute atomic E-state index is 0. The van der Waals surface area contributed by atoms with Gasteiger partial charge in [-0.25, -0.2) is 9.59 Å². The predicted octanol–water partition coefficient (Wildman–Crippen LogP) is 1.30. The Hall–Kier alpha value is -0.560. The van der Waals surface area contributed by atoms with E-state index in [1.165, 1.54) is 64.2 Å². The van der Waals surface area contributed by atoms with Crippen LogP contribution in [0.5, 0.6) is 0 Å². The number of unbranched alkanes of at least 4 members (excludes halogenated alkanes) is 15. The van der Waals surface area contributed by atoms with Crippen LogP contribution < -0.4 is 24.8 Å². The summed E-state index contributed by atoms with van der Waals surface area (Å²) < 4.78 is 12.3. The smallest absolute Gasteiger partial charge is 0.361 e. The molecule has 0 aromatic carbocycles. The minimum atomic E-state index is -0.0705. The van der Waals surface area contributed by atoms with Gasteiger partial charge < -0.3 is 43.3 Å². The van der Waals surface area contributed by atoms with Crippen LogP contribution in [0.15, 0.2) is 0 Å². The van der Waals surface area contributed by atoms with Gasteiger partial charge in [-0.2, -0.15) is 0 Å². The van der Waals surface area contributed by atoms with Gasteiger partial charge in [0.05, 0.1) is 54.5 Å². The second-order valence-electron chi connectivity index (χ2n) is 12.7. The van der Waals surface area contributed by atoms with Crippen LogP contribution in [0.4, 0.5) is 0 Å². The fourth-order valence-corrected chi connectivity index (χ4v) is 4.87. The molecular weight excluding hydrogens is 547 g/mol. The maximum Gasteiger partial charge on any atom is 0.361 e. The summed E-state index contributed by atoms with van der Waals surface area (Å²) in [6.45, 7) is 8.45. The van der Waals surface area contributed by atoms with Crippen molar-refractivity contribution in [1.82, 2.24) is 0 Å². The molecule has 0 rings (SSSR count). The number of rotatable bonds is 27. The average molecular weight is 614 g/mol. The first-order valence-electron chi connectivity index (χ1n) is 16.1. The van der Waals surface area contributed by atoms with Gasteiger partial charge in [0.25, 0.3) is 0 Å². The Balaban J connectivity index is -0.00000684. The van der Waals surface area contributed by atoms with Crippen LogP contribution in [0.2, 0.25) is 0 Å². The monoisotopic (exact) mass is 612 g/mol. The van der Waals surface area contributed by atoms with Gasteiger partial charge in [0.15, 0.2) is 13.1 Å². The van der Waals surface area contributed by atoms with Crippen LogP contribution in [0.3, 0.4) is 0 Å². The van der Waals surface area contributed by atoms with Crippen molar-refractivity contribution in [3.05, 3.63) is 0 Å². The first kappa shape index (κ1) is 43.9. The molecule has 0 radical (unpaired) electrons. The second kappa shape index (κ2) is 28.6. The Morgan fingerprint density at radius 3 is 1.05 bits per heavy atom. The van der Waals surface area contributed by atoms with Crippen LogP contribution in [0, 0.1) is 0 Å². The van der Waals surface area contributed by atoms with Crippen LogP contribution in [0.1, 0.15) is 129 Å². The number of hydrogen-bond donors (Lipinski definition) is 0. The summed E-state index contributed by atoms with van der Waals surface area (Å²) in [6, 6.07) is 0. The van der Waals surface area contributed by atoms with E-state index in [0.29, 0.717) is 35.3 Å². The van der Waals surface area contributed by atoms with E-state index in [2.05, 4.69) is 42.0 Å². The highest BCUT2D eigenvalue weighted by Crippen LogP contribution is 2.11. The Morgan fingerprint density at radius 2 is 0.725 bits per heavy atom. The number of nitrogens with zero attached hydrogens (tertiary/aromatic N) is 2. The lowest BCUT2D eigenvalue weighted by Crippen LogP contribution is -3.00. The van der Waals surface area contributed by atoms with Crippen LogP contribution in [0.25, 0.3) is 0 Å². The topological polar surface area (TPSA) is 52.6 Å². The normalized spacial score (nSPS) is 11.4. The zero-order chi connectivity index (χ0) is 28.5. The van der Waals surface area contributed by atoms with Crippen LogP contribution >= 0.6 is 0 Å². The van der Waals surface area contributed by atoms with E-state index >= 15 is 0 Å². The summed E-state index contributed by atoms with van der Waals surface area (Å²) in [6.07, 6.45) is 21.8. The highest BCUT2D eigenvalue weighted by molar-refractivity contribution is 5.70. The largest absolute Gasteiger partial charge is 1.00 e. The van der Waals surface area contributed by atoms with Gasteiger partial charge in [-0.15, -0.1) is 0 Å². The lowest BCUT2D eigenvalue weighted by Gasteiger charge is -2.29. The van der Waals surface area contributed by atoms with Crippen LogP contribution in [-0.4, -0.2) is 88.5 Å². The molecule has 8 heteroatoms. The SMILES string of the molecule is CCCCCCCCCOC(=O)C[N+](C)(C)CCCCCC[N+](C)(C)CC(=O)OCCCCCCCCC.[Cl-].[Cl-]. The van der Waals surface area contributed by atoms with Crippen molar-refractivity contribution in [2.45, 2.75) is 129 Å². The number of carbonyl (C=O) groups excluding carboxylic acids is 2. The first-order chi connectivity index (χ1) is 18.1. The highest BCUT2D eigenvalue weighted by atomic mass is 35.5. The van der Waals surface area contributed by atoms with E-state index in [4.69, 9.17) is 9.47 Å². The molecule has 0 aromatic heterocycles. The molecule has 0 aromatic rings. The number of ether oxygens (including phenoxy) is 2. The molecule has 6 nitrogen and oxygen atoms in total. The molecule has 242 valence electrons. The van der Waals surface area contributed by atoms with Gasteiger partial charge in [-0.1, -0.05) is 90.9 Å². The molecule has 0 bridgehead atoms. The van der Waals surface area contributed by atoms with Gasteiger partial charge in [-0.3, -0.25) is 0 Å². The molecular formula is C32H66Cl2N2O4. The lowest BCUT2D eigenvalue weighted by atomic mass is 10.1. The Morgan fingerprint density at radius 1 is 0.450 bits per heavy atom. The first-order valence-corrected chi connectivity index (χ1v) is 16.1. The summed E-state index contributed by atoms with van der Waals surface area (Å²) >= 11 is 0. The summed E-state index contributed by atoms with van der Waals surface area (Å²) in [5.74, 6) is -0.141. The number of carbonyl (C=O) groups is 2. The van der Waals surface area contributed by atoms with Crippen molar-refractivity contribution in [1.29, 1.82) is 0 Å². The predicted molar refractivity (Wildman–Crippen MR) is 160 cm³/mol. The summed E-state index contributed by atoms with van der Waals surface area (Å²) in [7, 11) is 8.47. The Bertz CT molecular complexity index is 539. The highest BCUT2D eigenvalue weighted by Gasteiger charge is 2.22. The zero-order valence-electron chi connectivity index (χ0n) is 27.3. The summed E-state index contributed by atoms with van der Waals surface area (Å²) in [5.41, 5.74) is 0. The van der Waals surface area contributed by atoms with Crippen molar-refractivity contribution >= 4 is 11.9 Å². The number of halogens is 2. The number of likely N-dealkylation sites (N-methyl/N-ethyl adjacent to an activating group) is 2. The quantitative estimate of drug-likeness (QED) is 0.0797. The molecule has 0 aliphatic carbocycles. The Labute approximate surface area is 261 Å². The molecule has 0 aliphatic heterocycles. The summed E-state index contributed by atoms with van der Waals surface area (Å²) in [5, 5.41) is 0. The van der Waals surface area contributed by atoms with Gasteiger partial charge in [-0.05, 0) is 38.5 Å². The standard InChI is InChI=1S/C32H66N2O4.2ClH/c1-7-9-11-13-15-19-23-27-37-31(35)29-33(3,4)25-21-17-18-22-26-34(5,6)30-32(36)38-28-24-20-16-14-12-10-8-2;;/h7-30H2,1-6H3;2*1H/q+2;;/p-2. The van der Waals surface area contributed by atoms with E-state index in [9.17, 15) is 9.59 Å². The third-order valence-corrected chi connectivity index (χ3v) is 7.41. The third kappa shape index (κ3) is 30.4. The van der Waals surface area contributed by atoms with Gasteiger partial charge in [0.2, 0.25) is 0 Å². The molecule has 0 aliphatic rings. The van der Waals surface area contributed by atoms with E-state index in [-0.39, 0.29) is 36.8 Å². The third-order valence-electron chi connectivity index (χ3n) is 7.41. The zero-order valence-corrected chi connectivity index (χ0v) is 28.8. The second-order valence-corrected chi connectivity index (χ2v) is 12.7. The molecule has 0 saturated heterocycles. The average Bonchev–Trinajstić information content (AvgIpc) is 2.84. The van der Waals surface area contributed by atoms with Crippen molar-refractivity contribution < 1.29 is 52.8 Å². The fraction of sp³-hybridized carbons (Fsp3) is 0.938. The maximum atomic E-state index is 12.2. The van der Waals surface area contributed by atoms with Crippen molar-refractivity contribution in [2.75, 3.05) is 67.6 Å². The summed E-state index contributed by atoms with van der Waals surface area (Å²) in [4.78, 5) is 24.5. The molecule has 0 atom stereocenters. The van der Waals surface area contributed by atoms with Gasteiger partial charge >= 0.3 is 11.9 Å². The molecule has 0 unspecified atom stereocenters. The fourth-order valence-electron chi connectivity index (χ4n) is 4.87. The minimum Gasteiger partial charge on any atom is -1.00 e. The van der Waals surface area contributed by atoms with E-state index in [1.807, 2.05) is 0 Å². The van der Waals surface area contributed by atoms with E-state index in [1.54, 1.807) is 0 Å². The van der Waals surface area contributed by atoms with Crippen molar-refractivity contribution in [2.24, 2.45) is 0 Å². The Kier molecular flexibility index (Phi) is 31.3. The van der Waals surface area contributed by atoms with Gasteiger partial charge in [0.1, 0.15) is 0 Å². The van der Waals surface area contributed by atoms with E-state index in [0.717, 1.165) is 64.5 Å².